The first-order valence-electron chi connectivity index (χ1n) is 9.47. The van der Waals surface area contributed by atoms with Crippen LogP contribution in [0.4, 0.5) is 8.78 Å². The molecule has 10 heteroatoms. The molecule has 1 fully saturated rings. The number of nitrogens with zero attached hydrogens (tertiary/aromatic N) is 1. The van der Waals surface area contributed by atoms with E-state index in [0.29, 0.717) is 12.0 Å². The summed E-state index contributed by atoms with van der Waals surface area (Å²) in [6, 6.07) is 7.32. The Bertz CT molecular complexity index is 1070. The largest absolute Gasteiger partial charge is 0.379 e. The van der Waals surface area contributed by atoms with Gasteiger partial charge in [-0.15, -0.1) is 11.8 Å². The lowest BCUT2D eigenvalue weighted by Crippen LogP contribution is -2.41. The highest BCUT2D eigenvalue weighted by molar-refractivity contribution is 7.99. The number of halogens is 2. The fourth-order valence-corrected chi connectivity index (χ4v) is 6.13. The zero-order chi connectivity index (χ0) is 21.3. The Morgan fingerprint density at radius 1 is 1.13 bits per heavy atom. The van der Waals surface area contributed by atoms with E-state index in [1.807, 2.05) is 0 Å². The van der Waals surface area contributed by atoms with Crippen molar-refractivity contribution < 1.29 is 26.7 Å². The second-order valence-corrected chi connectivity index (χ2v) is 10.1. The third-order valence-electron chi connectivity index (χ3n) is 5.10. The molecule has 30 heavy (non-hydrogen) atoms. The fourth-order valence-electron chi connectivity index (χ4n) is 3.53. The van der Waals surface area contributed by atoms with E-state index in [-0.39, 0.29) is 31.9 Å². The predicted octanol–water partition coefficient (Wildman–Crippen LogP) is 2.95. The maximum atomic E-state index is 14.4. The number of hydrogen-bond donors (Lipinski definition) is 1. The lowest BCUT2D eigenvalue weighted by atomic mass is 10.0. The second-order valence-electron chi connectivity index (χ2n) is 7.01. The average molecular weight is 455 g/mol. The molecule has 4 rings (SSSR count). The summed E-state index contributed by atoms with van der Waals surface area (Å²) in [5.74, 6) is -1.10. The van der Waals surface area contributed by atoms with Gasteiger partial charge in [-0.1, -0.05) is 0 Å². The van der Waals surface area contributed by atoms with Gasteiger partial charge in [-0.05, 0) is 48.4 Å². The Morgan fingerprint density at radius 2 is 1.90 bits per heavy atom. The zero-order valence-corrected chi connectivity index (χ0v) is 17.6. The van der Waals surface area contributed by atoms with E-state index in [1.165, 1.54) is 18.2 Å². The van der Waals surface area contributed by atoms with E-state index in [9.17, 15) is 22.0 Å². The van der Waals surface area contributed by atoms with E-state index in [0.717, 1.165) is 27.1 Å². The molecule has 6 nitrogen and oxygen atoms in total. The van der Waals surface area contributed by atoms with E-state index in [2.05, 4.69) is 5.32 Å². The number of nitrogens with one attached hydrogen (secondary N) is 1. The number of morpholine rings is 1. The number of carbonyl (C=O) groups excluding carboxylic acids is 1. The number of carbonyl (C=O) groups is 1. The van der Waals surface area contributed by atoms with Crippen LogP contribution in [-0.4, -0.2) is 50.7 Å². The van der Waals surface area contributed by atoms with Crippen LogP contribution >= 0.6 is 11.8 Å². The van der Waals surface area contributed by atoms with Crippen LogP contribution < -0.4 is 5.32 Å². The van der Waals surface area contributed by atoms with Crippen LogP contribution in [0.2, 0.25) is 0 Å². The van der Waals surface area contributed by atoms with Gasteiger partial charge in [0, 0.05) is 29.3 Å². The van der Waals surface area contributed by atoms with Crippen molar-refractivity contribution in [2.24, 2.45) is 0 Å². The highest BCUT2D eigenvalue weighted by Gasteiger charge is 2.30. The maximum absolute atomic E-state index is 14.4. The SMILES string of the molecule is O=C(N[C@@H]1CCSc2ccc(F)cc21)c1ccc(F)c(S(=O)(=O)N2CCOCC2)c1. The second kappa shape index (κ2) is 8.62. The van der Waals surface area contributed by atoms with Crippen molar-refractivity contribution in [3.8, 4) is 0 Å². The number of amides is 1. The predicted molar refractivity (Wildman–Crippen MR) is 108 cm³/mol. The van der Waals surface area contributed by atoms with Crippen molar-refractivity contribution in [3.05, 3.63) is 59.2 Å². The summed E-state index contributed by atoms with van der Waals surface area (Å²) in [6.45, 7) is 0.716. The fraction of sp³-hybridized carbons (Fsp3) is 0.350. The first kappa shape index (κ1) is 21.2. The maximum Gasteiger partial charge on any atom is 0.251 e. The summed E-state index contributed by atoms with van der Waals surface area (Å²) in [4.78, 5) is 13.2. The molecule has 2 aliphatic heterocycles. The summed E-state index contributed by atoms with van der Waals surface area (Å²) in [5, 5.41) is 2.83. The molecule has 2 heterocycles. The van der Waals surface area contributed by atoms with Gasteiger partial charge < -0.3 is 10.1 Å². The molecular weight excluding hydrogens is 434 g/mol. The van der Waals surface area contributed by atoms with Crippen molar-refractivity contribution in [3.63, 3.8) is 0 Å². The number of fused-ring (bicyclic) bond motifs is 1. The molecule has 0 radical (unpaired) electrons. The third-order valence-corrected chi connectivity index (χ3v) is 8.13. The van der Waals surface area contributed by atoms with Gasteiger partial charge in [0.05, 0.1) is 19.3 Å². The molecule has 1 atom stereocenters. The summed E-state index contributed by atoms with van der Waals surface area (Å²) in [5.41, 5.74) is 0.710. The minimum absolute atomic E-state index is 0.0272. The molecule has 0 aliphatic carbocycles. The number of ether oxygens (including phenoxy) is 1. The van der Waals surface area contributed by atoms with Gasteiger partial charge in [0.1, 0.15) is 16.5 Å². The van der Waals surface area contributed by atoms with Gasteiger partial charge in [0.15, 0.2) is 0 Å². The van der Waals surface area contributed by atoms with E-state index in [4.69, 9.17) is 4.74 Å². The summed E-state index contributed by atoms with van der Waals surface area (Å²) in [7, 11) is -4.09. The highest BCUT2D eigenvalue weighted by Crippen LogP contribution is 2.36. The van der Waals surface area contributed by atoms with Crippen molar-refractivity contribution in [2.45, 2.75) is 22.3 Å². The molecule has 2 aliphatic rings. The first-order chi connectivity index (χ1) is 14.4. The van der Waals surface area contributed by atoms with E-state index in [1.54, 1.807) is 17.8 Å². The monoisotopic (exact) mass is 454 g/mol. The molecule has 160 valence electrons. The Labute approximate surface area is 177 Å². The van der Waals surface area contributed by atoms with Crippen LogP contribution in [0, 0.1) is 11.6 Å². The van der Waals surface area contributed by atoms with E-state index >= 15 is 0 Å². The van der Waals surface area contributed by atoms with Crippen molar-refractivity contribution in [2.75, 3.05) is 32.1 Å². The molecule has 2 aromatic rings. The lowest BCUT2D eigenvalue weighted by Gasteiger charge is -2.27. The molecule has 0 spiro atoms. The van der Waals surface area contributed by atoms with Crippen molar-refractivity contribution >= 4 is 27.7 Å². The van der Waals surface area contributed by atoms with Gasteiger partial charge in [-0.2, -0.15) is 4.31 Å². The van der Waals surface area contributed by atoms with Gasteiger partial charge in [-0.3, -0.25) is 4.79 Å². The van der Waals surface area contributed by atoms with Crippen LogP contribution in [-0.2, 0) is 14.8 Å². The molecule has 1 N–H and O–H groups in total. The van der Waals surface area contributed by atoms with Crippen LogP contribution in [0.5, 0.6) is 0 Å². The van der Waals surface area contributed by atoms with Gasteiger partial charge in [0.2, 0.25) is 10.0 Å². The van der Waals surface area contributed by atoms with Gasteiger partial charge in [-0.25, -0.2) is 17.2 Å². The normalized spacial score (nSPS) is 19.9. The number of rotatable bonds is 4. The Kier molecular flexibility index (Phi) is 6.10. The Balaban J connectivity index is 1.59. The number of thioether (sulfide) groups is 1. The molecule has 0 bridgehead atoms. The van der Waals surface area contributed by atoms with E-state index < -0.39 is 38.5 Å². The highest BCUT2D eigenvalue weighted by atomic mass is 32.2. The summed E-state index contributed by atoms with van der Waals surface area (Å²) < 4.78 is 60.0. The topological polar surface area (TPSA) is 75.7 Å². The number of benzene rings is 2. The standard InChI is InChI=1S/C20H20F2N2O4S2/c21-14-2-4-18-15(12-14)17(5-10-29-18)23-20(25)13-1-3-16(22)19(11-13)30(26,27)24-6-8-28-9-7-24/h1-4,11-12,17H,5-10H2,(H,23,25)/t17-/m1/s1. The third kappa shape index (κ3) is 4.22. The molecule has 0 unspecified atom stereocenters. The minimum atomic E-state index is -4.09. The van der Waals surface area contributed by atoms with Crippen LogP contribution in [0.15, 0.2) is 46.2 Å². The molecule has 2 aromatic carbocycles. The van der Waals surface area contributed by atoms with Gasteiger partial charge in [0.25, 0.3) is 5.91 Å². The molecular formula is C20H20F2N2O4S2. The number of hydrogen-bond acceptors (Lipinski definition) is 5. The zero-order valence-electron chi connectivity index (χ0n) is 15.9. The number of sulfonamides is 1. The van der Waals surface area contributed by atoms with Crippen LogP contribution in [0.1, 0.15) is 28.4 Å². The smallest absolute Gasteiger partial charge is 0.251 e. The Hall–Kier alpha value is -2.01. The van der Waals surface area contributed by atoms with Crippen molar-refractivity contribution in [1.82, 2.24) is 9.62 Å². The molecule has 0 aromatic heterocycles. The quantitative estimate of drug-likeness (QED) is 0.769. The summed E-state index contributed by atoms with van der Waals surface area (Å²) >= 11 is 1.59. The van der Waals surface area contributed by atoms with Crippen molar-refractivity contribution in [1.29, 1.82) is 0 Å². The van der Waals surface area contributed by atoms with Crippen LogP contribution in [0.3, 0.4) is 0 Å². The summed E-state index contributed by atoms with van der Waals surface area (Å²) in [6.07, 6.45) is 0.604. The molecule has 1 saturated heterocycles. The van der Waals surface area contributed by atoms with Crippen LogP contribution in [0.25, 0.3) is 0 Å². The minimum Gasteiger partial charge on any atom is -0.379 e. The average Bonchev–Trinajstić information content (AvgIpc) is 2.75. The Morgan fingerprint density at radius 3 is 2.67 bits per heavy atom. The molecule has 0 saturated carbocycles. The van der Waals surface area contributed by atoms with Gasteiger partial charge >= 0.3 is 0 Å². The first-order valence-corrected chi connectivity index (χ1v) is 11.9. The lowest BCUT2D eigenvalue weighted by molar-refractivity contribution is 0.0729. The molecule has 1 amide bonds.